The molecular weight excluding hydrogens is 206 g/mol. The number of hydrogen-bond donors (Lipinski definition) is 0. The Labute approximate surface area is 107 Å². The third-order valence-corrected chi connectivity index (χ3v) is 5.79. The summed E-state index contributed by atoms with van der Waals surface area (Å²) in [4.78, 5) is 4.66. The molecule has 0 aromatic carbocycles. The molecule has 0 saturated heterocycles. The highest BCUT2D eigenvalue weighted by atomic mass is 14.7. The molecule has 0 N–H and O–H groups in total. The Kier molecular flexibility index (Phi) is 3.66. The molecule has 1 fully saturated rings. The largest absolute Gasteiger partial charge is 0.297 e. The second-order valence-electron chi connectivity index (χ2n) is 7.25. The van der Waals surface area contributed by atoms with Gasteiger partial charge in [0.15, 0.2) is 0 Å². The monoisotopic (exact) mass is 235 g/mol. The van der Waals surface area contributed by atoms with Crippen molar-refractivity contribution in [1.82, 2.24) is 0 Å². The van der Waals surface area contributed by atoms with E-state index in [0.717, 1.165) is 18.4 Å². The molecule has 2 rings (SSSR count). The van der Waals surface area contributed by atoms with Gasteiger partial charge in [-0.05, 0) is 48.1 Å². The van der Waals surface area contributed by atoms with E-state index in [4.69, 9.17) is 0 Å². The molecule has 1 heterocycles. The van der Waals surface area contributed by atoms with Gasteiger partial charge in [0.05, 0.1) is 0 Å². The molecule has 1 aliphatic carbocycles. The predicted octanol–water partition coefficient (Wildman–Crippen LogP) is 4.71. The smallest absolute Gasteiger partial charge is 0.0413 e. The second-order valence-corrected chi connectivity index (χ2v) is 7.25. The summed E-state index contributed by atoms with van der Waals surface area (Å²) >= 11 is 0. The van der Waals surface area contributed by atoms with Crippen molar-refractivity contribution in [3.63, 3.8) is 0 Å². The lowest BCUT2D eigenvalue weighted by Gasteiger charge is -2.21. The average molecular weight is 235 g/mol. The van der Waals surface area contributed by atoms with E-state index in [1.165, 1.54) is 38.5 Å². The van der Waals surface area contributed by atoms with E-state index >= 15 is 0 Å². The fourth-order valence-corrected chi connectivity index (χ4v) is 3.48. The Morgan fingerprint density at radius 3 is 2.59 bits per heavy atom. The number of rotatable bonds is 0. The van der Waals surface area contributed by atoms with E-state index in [1.807, 2.05) is 0 Å². The number of hydrogen-bond acceptors (Lipinski definition) is 1. The van der Waals surface area contributed by atoms with Crippen molar-refractivity contribution in [2.45, 2.75) is 66.2 Å². The van der Waals surface area contributed by atoms with Crippen molar-refractivity contribution in [3.05, 3.63) is 0 Å². The van der Waals surface area contributed by atoms with Crippen LogP contribution in [0.1, 0.15) is 66.2 Å². The van der Waals surface area contributed by atoms with Gasteiger partial charge >= 0.3 is 0 Å². The van der Waals surface area contributed by atoms with Crippen LogP contribution in [0.25, 0.3) is 0 Å². The maximum Gasteiger partial charge on any atom is 0.0413 e. The third-order valence-electron chi connectivity index (χ3n) is 5.79. The van der Waals surface area contributed by atoms with Crippen molar-refractivity contribution in [2.24, 2.45) is 27.7 Å². The lowest BCUT2D eigenvalue weighted by atomic mass is 9.86. The van der Waals surface area contributed by atoms with E-state index in [0.29, 0.717) is 10.8 Å². The van der Waals surface area contributed by atoms with E-state index in [1.54, 1.807) is 0 Å². The molecule has 98 valence electrons. The normalized spacial score (nSPS) is 47.8. The van der Waals surface area contributed by atoms with Gasteiger partial charge in [-0.3, -0.25) is 4.99 Å². The Hall–Kier alpha value is -0.330. The molecule has 4 unspecified atom stereocenters. The van der Waals surface area contributed by atoms with Crippen molar-refractivity contribution >= 4 is 6.21 Å². The van der Waals surface area contributed by atoms with Gasteiger partial charge in [0, 0.05) is 6.54 Å². The summed E-state index contributed by atoms with van der Waals surface area (Å²) in [7, 11) is 0. The minimum Gasteiger partial charge on any atom is -0.297 e. The number of aliphatic imine (C=N–C) groups is 1. The molecule has 1 nitrogen and oxygen atoms in total. The van der Waals surface area contributed by atoms with Crippen LogP contribution in [0.15, 0.2) is 4.99 Å². The first kappa shape index (κ1) is 13.1. The highest BCUT2D eigenvalue weighted by Gasteiger charge is 2.58. The summed E-state index contributed by atoms with van der Waals surface area (Å²) in [6, 6.07) is 0. The van der Waals surface area contributed by atoms with Gasteiger partial charge in [0.25, 0.3) is 0 Å². The second kappa shape index (κ2) is 4.74. The average Bonchev–Trinajstić information content (AvgIpc) is 2.81. The topological polar surface area (TPSA) is 12.4 Å². The minimum atomic E-state index is 0.560. The molecule has 2 aliphatic rings. The zero-order valence-electron chi connectivity index (χ0n) is 12.1. The quantitative estimate of drug-likeness (QED) is 0.576. The lowest BCUT2D eigenvalue weighted by molar-refractivity contribution is 0.324. The van der Waals surface area contributed by atoms with Crippen LogP contribution in [0.4, 0.5) is 0 Å². The van der Waals surface area contributed by atoms with Crippen molar-refractivity contribution < 1.29 is 0 Å². The van der Waals surface area contributed by atoms with Gasteiger partial charge in [-0.2, -0.15) is 0 Å². The summed E-state index contributed by atoms with van der Waals surface area (Å²) < 4.78 is 0. The lowest BCUT2D eigenvalue weighted by Crippen LogP contribution is -2.14. The maximum atomic E-state index is 4.66. The van der Waals surface area contributed by atoms with Crippen LogP contribution in [-0.2, 0) is 0 Å². The Bertz CT molecular complexity index is 296. The van der Waals surface area contributed by atoms with Crippen molar-refractivity contribution in [1.29, 1.82) is 0 Å². The third kappa shape index (κ3) is 2.74. The van der Waals surface area contributed by atoms with Crippen LogP contribution >= 0.6 is 0 Å². The molecule has 4 atom stereocenters. The van der Waals surface area contributed by atoms with Gasteiger partial charge in [0.1, 0.15) is 0 Å². The van der Waals surface area contributed by atoms with E-state index < -0.39 is 0 Å². The first-order valence-electron chi connectivity index (χ1n) is 7.45. The molecule has 17 heavy (non-hydrogen) atoms. The first-order chi connectivity index (χ1) is 7.97. The van der Waals surface area contributed by atoms with E-state index in [9.17, 15) is 0 Å². The number of nitrogens with zero attached hydrogens (tertiary/aromatic N) is 1. The van der Waals surface area contributed by atoms with Crippen LogP contribution in [0, 0.1) is 22.7 Å². The summed E-state index contributed by atoms with van der Waals surface area (Å²) in [5.74, 6) is 1.59. The molecule has 0 amide bonds. The van der Waals surface area contributed by atoms with E-state index in [-0.39, 0.29) is 0 Å². The predicted molar refractivity (Wildman–Crippen MR) is 75.6 cm³/mol. The van der Waals surface area contributed by atoms with Gasteiger partial charge in [-0.15, -0.1) is 0 Å². The SMILES string of the molecule is CC1CCCCC2(C)CC2(C)CC=NCC1C. The fraction of sp³-hybridized carbons (Fsp3) is 0.938. The van der Waals surface area contributed by atoms with Gasteiger partial charge in [-0.25, -0.2) is 0 Å². The van der Waals surface area contributed by atoms with Crippen LogP contribution in [-0.4, -0.2) is 12.8 Å². The van der Waals surface area contributed by atoms with Crippen molar-refractivity contribution in [2.75, 3.05) is 6.54 Å². The van der Waals surface area contributed by atoms with Crippen molar-refractivity contribution in [3.8, 4) is 0 Å². The molecule has 0 radical (unpaired) electrons. The van der Waals surface area contributed by atoms with Crippen LogP contribution in [0.3, 0.4) is 0 Å². The Morgan fingerprint density at radius 1 is 1.06 bits per heavy atom. The van der Waals surface area contributed by atoms with Gasteiger partial charge in [0.2, 0.25) is 0 Å². The molecule has 1 saturated carbocycles. The fourth-order valence-electron chi connectivity index (χ4n) is 3.48. The van der Waals surface area contributed by atoms with Gasteiger partial charge < -0.3 is 0 Å². The number of fused-ring (bicyclic) bond motifs is 1. The molecule has 0 aromatic heterocycles. The van der Waals surface area contributed by atoms with Crippen LogP contribution in [0.2, 0.25) is 0 Å². The zero-order chi connectivity index (χ0) is 12.5. The first-order valence-corrected chi connectivity index (χ1v) is 7.45. The maximum absolute atomic E-state index is 4.66. The molecular formula is C16H29N. The van der Waals surface area contributed by atoms with Crippen LogP contribution < -0.4 is 0 Å². The molecule has 1 aliphatic heterocycles. The van der Waals surface area contributed by atoms with Crippen LogP contribution in [0.5, 0.6) is 0 Å². The summed E-state index contributed by atoms with van der Waals surface area (Å²) in [5.41, 5.74) is 1.18. The molecule has 1 heteroatoms. The highest BCUT2D eigenvalue weighted by molar-refractivity contribution is 5.59. The summed E-state index contributed by atoms with van der Waals surface area (Å²) in [6.45, 7) is 10.7. The standard InChI is InChI=1S/C16H29N/c1-13-7-5-6-8-15(3)12-16(15,4)9-10-17-11-14(13)2/h10,13-14H,5-9,11-12H2,1-4H3. The zero-order valence-corrected chi connectivity index (χ0v) is 12.1. The van der Waals surface area contributed by atoms with E-state index in [2.05, 4.69) is 38.9 Å². The summed E-state index contributed by atoms with van der Waals surface area (Å²) in [6.07, 6.45) is 10.5. The Balaban J connectivity index is 1.98. The molecule has 0 aromatic rings. The Morgan fingerprint density at radius 2 is 1.82 bits per heavy atom. The highest BCUT2D eigenvalue weighted by Crippen LogP contribution is 2.67. The molecule has 0 bridgehead atoms. The molecule has 0 spiro atoms. The van der Waals surface area contributed by atoms with Gasteiger partial charge in [-0.1, -0.05) is 47.0 Å². The minimum absolute atomic E-state index is 0.560. The summed E-state index contributed by atoms with van der Waals surface area (Å²) in [5, 5.41) is 0.